The monoisotopic (exact) mass is 272 g/mol. The Labute approximate surface area is 105 Å². The minimum atomic E-state index is 1.15. The van der Waals surface area contributed by atoms with E-state index in [4.69, 9.17) is 0 Å². The smallest absolute Gasteiger partial charge is 0.0210 e. The maximum absolute atomic E-state index is 3.80. The Morgan fingerprint density at radius 3 is 2.62 bits per heavy atom. The molecule has 0 nitrogen and oxygen atoms in total. The molecule has 0 amide bonds. The Balaban J connectivity index is 2.58. The van der Waals surface area contributed by atoms with Crippen LogP contribution in [0.4, 0.5) is 0 Å². The number of hydrogen-bond donors (Lipinski definition) is 0. The summed E-state index contributed by atoms with van der Waals surface area (Å²) in [5.74, 6) is 0. The van der Waals surface area contributed by atoms with Crippen molar-refractivity contribution in [2.75, 3.05) is 0 Å². The van der Waals surface area contributed by atoms with Crippen LogP contribution in [0.25, 0.3) is 17.2 Å². The summed E-state index contributed by atoms with van der Waals surface area (Å²) in [5.41, 5.74) is 4.91. The molecule has 2 rings (SSSR count). The lowest BCUT2D eigenvalue weighted by Gasteiger charge is -2.08. The molecule has 0 aliphatic heterocycles. The molecular weight excluding hydrogens is 260 g/mol. The van der Waals surface area contributed by atoms with E-state index in [2.05, 4.69) is 71.9 Å². The fourth-order valence-electron chi connectivity index (χ4n) is 1.75. The van der Waals surface area contributed by atoms with Crippen molar-refractivity contribution in [2.24, 2.45) is 0 Å². The predicted molar refractivity (Wildman–Crippen MR) is 74.4 cm³/mol. The lowest BCUT2D eigenvalue weighted by Crippen LogP contribution is -1.85. The molecule has 0 N–H and O–H groups in total. The van der Waals surface area contributed by atoms with Crippen molar-refractivity contribution in [1.82, 2.24) is 0 Å². The van der Waals surface area contributed by atoms with Crippen LogP contribution in [0.5, 0.6) is 0 Å². The predicted octanol–water partition coefficient (Wildman–Crippen LogP) is 5.07. The highest BCUT2D eigenvalue weighted by molar-refractivity contribution is 9.10. The number of halogens is 1. The summed E-state index contributed by atoms with van der Waals surface area (Å²) in [7, 11) is 0. The van der Waals surface area contributed by atoms with Gasteiger partial charge < -0.3 is 0 Å². The Morgan fingerprint density at radius 1 is 1.12 bits per heavy atom. The quantitative estimate of drug-likeness (QED) is 0.716. The van der Waals surface area contributed by atoms with E-state index in [0.717, 1.165) is 10.0 Å². The first-order chi connectivity index (χ1) is 7.72. The van der Waals surface area contributed by atoms with Crippen LogP contribution in [-0.2, 0) is 0 Å². The summed E-state index contributed by atoms with van der Waals surface area (Å²) in [4.78, 5) is 0. The molecule has 0 aliphatic carbocycles. The summed E-state index contributed by atoms with van der Waals surface area (Å²) < 4.78 is 1.15. The van der Waals surface area contributed by atoms with E-state index in [-0.39, 0.29) is 0 Å². The molecule has 0 saturated heterocycles. The van der Waals surface area contributed by atoms with E-state index in [9.17, 15) is 0 Å². The van der Waals surface area contributed by atoms with E-state index in [1.165, 1.54) is 16.7 Å². The highest BCUT2D eigenvalue weighted by Gasteiger charge is 2.04. The van der Waals surface area contributed by atoms with Crippen molar-refractivity contribution >= 4 is 22.0 Å². The largest absolute Gasteiger partial charge is 0.0985 e. The normalized spacial score (nSPS) is 10.1. The molecule has 2 aromatic carbocycles. The standard InChI is InChI=1S/C15H13Br/c1-3-12-6-4-7-13(10-12)14-8-5-9-15(16)11(14)2/h3-10H,1H2,2H3. The van der Waals surface area contributed by atoms with Crippen molar-refractivity contribution in [3.05, 3.63) is 64.6 Å². The molecule has 0 atom stereocenters. The van der Waals surface area contributed by atoms with Crippen molar-refractivity contribution in [3.63, 3.8) is 0 Å². The second-order valence-corrected chi connectivity index (χ2v) is 4.60. The number of hydrogen-bond acceptors (Lipinski definition) is 0. The average molecular weight is 273 g/mol. The summed E-state index contributed by atoms with van der Waals surface area (Å²) in [6.45, 7) is 5.92. The highest BCUT2D eigenvalue weighted by atomic mass is 79.9. The SMILES string of the molecule is C=Cc1cccc(-c2cccc(Br)c2C)c1. The number of rotatable bonds is 2. The Kier molecular flexibility index (Phi) is 3.25. The minimum Gasteiger partial charge on any atom is -0.0985 e. The Bertz CT molecular complexity index is 527. The van der Waals surface area contributed by atoms with Crippen LogP contribution in [-0.4, -0.2) is 0 Å². The van der Waals surface area contributed by atoms with Crippen molar-refractivity contribution < 1.29 is 0 Å². The van der Waals surface area contributed by atoms with Crippen molar-refractivity contribution in [1.29, 1.82) is 0 Å². The first-order valence-electron chi connectivity index (χ1n) is 5.20. The van der Waals surface area contributed by atoms with Crippen LogP contribution >= 0.6 is 15.9 Å². The molecule has 0 saturated carbocycles. The molecule has 80 valence electrons. The first kappa shape index (κ1) is 11.2. The van der Waals surface area contributed by atoms with E-state index < -0.39 is 0 Å². The van der Waals surface area contributed by atoms with Crippen molar-refractivity contribution in [3.8, 4) is 11.1 Å². The third kappa shape index (κ3) is 2.10. The van der Waals surface area contributed by atoms with Gasteiger partial charge in [0.2, 0.25) is 0 Å². The minimum absolute atomic E-state index is 1.15. The summed E-state index contributed by atoms with van der Waals surface area (Å²) in [6, 6.07) is 14.7. The van der Waals surface area contributed by atoms with E-state index in [1.54, 1.807) is 0 Å². The van der Waals surface area contributed by atoms with Crippen LogP contribution in [0.2, 0.25) is 0 Å². The fraction of sp³-hybridized carbons (Fsp3) is 0.0667. The van der Waals surface area contributed by atoms with Gasteiger partial charge >= 0.3 is 0 Å². The van der Waals surface area contributed by atoms with E-state index >= 15 is 0 Å². The van der Waals surface area contributed by atoms with Gasteiger partial charge in [-0.3, -0.25) is 0 Å². The van der Waals surface area contributed by atoms with E-state index in [1.807, 2.05) is 6.08 Å². The van der Waals surface area contributed by atoms with Gasteiger partial charge in [-0.15, -0.1) is 0 Å². The molecule has 0 fully saturated rings. The Morgan fingerprint density at radius 2 is 1.88 bits per heavy atom. The maximum atomic E-state index is 3.80. The van der Waals surface area contributed by atoms with Crippen molar-refractivity contribution in [2.45, 2.75) is 6.92 Å². The molecule has 0 aliphatic rings. The maximum Gasteiger partial charge on any atom is 0.0210 e. The lowest BCUT2D eigenvalue weighted by atomic mass is 9.99. The lowest BCUT2D eigenvalue weighted by molar-refractivity contribution is 1.42. The molecule has 0 heterocycles. The molecule has 0 unspecified atom stereocenters. The molecule has 2 aromatic rings. The fourth-order valence-corrected chi connectivity index (χ4v) is 2.12. The third-order valence-electron chi connectivity index (χ3n) is 2.70. The second kappa shape index (κ2) is 4.67. The Hall–Kier alpha value is -1.34. The molecule has 0 radical (unpaired) electrons. The molecule has 1 heteroatoms. The van der Waals surface area contributed by atoms with Crippen LogP contribution in [0.3, 0.4) is 0 Å². The zero-order chi connectivity index (χ0) is 11.5. The summed E-state index contributed by atoms with van der Waals surface area (Å²) in [6.07, 6.45) is 1.87. The van der Waals surface area contributed by atoms with Gasteiger partial charge in [-0.25, -0.2) is 0 Å². The van der Waals surface area contributed by atoms with Crippen LogP contribution in [0, 0.1) is 6.92 Å². The van der Waals surface area contributed by atoms with Gasteiger partial charge in [0.05, 0.1) is 0 Å². The number of benzene rings is 2. The van der Waals surface area contributed by atoms with Crippen LogP contribution in [0.1, 0.15) is 11.1 Å². The van der Waals surface area contributed by atoms with Crippen LogP contribution < -0.4 is 0 Å². The molecule has 16 heavy (non-hydrogen) atoms. The zero-order valence-electron chi connectivity index (χ0n) is 9.20. The first-order valence-corrected chi connectivity index (χ1v) is 5.99. The summed E-state index contributed by atoms with van der Waals surface area (Å²) in [5, 5.41) is 0. The van der Waals surface area contributed by atoms with Gasteiger partial charge in [-0.05, 0) is 41.3 Å². The zero-order valence-corrected chi connectivity index (χ0v) is 10.8. The topological polar surface area (TPSA) is 0 Å². The van der Waals surface area contributed by atoms with Gasteiger partial charge in [-0.1, -0.05) is 58.9 Å². The molecule has 0 bridgehead atoms. The van der Waals surface area contributed by atoms with Gasteiger partial charge in [0.25, 0.3) is 0 Å². The van der Waals surface area contributed by atoms with Gasteiger partial charge in [0.1, 0.15) is 0 Å². The third-order valence-corrected chi connectivity index (χ3v) is 3.56. The molecule has 0 aromatic heterocycles. The van der Waals surface area contributed by atoms with Gasteiger partial charge in [0.15, 0.2) is 0 Å². The second-order valence-electron chi connectivity index (χ2n) is 3.74. The highest BCUT2D eigenvalue weighted by Crippen LogP contribution is 2.29. The average Bonchev–Trinajstić information content (AvgIpc) is 2.33. The van der Waals surface area contributed by atoms with Gasteiger partial charge in [0, 0.05) is 4.47 Å². The summed E-state index contributed by atoms with van der Waals surface area (Å²) >= 11 is 3.56. The molecular formula is C15H13Br. The van der Waals surface area contributed by atoms with Gasteiger partial charge in [-0.2, -0.15) is 0 Å². The molecule has 0 spiro atoms. The van der Waals surface area contributed by atoms with Crippen LogP contribution in [0.15, 0.2) is 53.5 Å². The van der Waals surface area contributed by atoms with E-state index in [0.29, 0.717) is 0 Å².